The molecule has 20 heavy (non-hydrogen) atoms. The molecule has 0 spiro atoms. The summed E-state index contributed by atoms with van der Waals surface area (Å²) in [5, 5.41) is 3.46. The average molecular weight is 276 g/mol. The fourth-order valence-electron chi connectivity index (χ4n) is 3.05. The molecule has 0 radical (unpaired) electrons. The number of piperidine rings is 1. The van der Waals surface area contributed by atoms with E-state index in [1.165, 1.54) is 32.2 Å². The zero-order valence-electron chi connectivity index (χ0n) is 13.2. The summed E-state index contributed by atoms with van der Waals surface area (Å²) in [6.07, 6.45) is 6.34. The van der Waals surface area contributed by atoms with Gasteiger partial charge in [-0.15, -0.1) is 0 Å². The van der Waals surface area contributed by atoms with E-state index in [4.69, 9.17) is 0 Å². The second kappa shape index (κ2) is 7.58. The van der Waals surface area contributed by atoms with E-state index < -0.39 is 0 Å². The van der Waals surface area contributed by atoms with Crippen molar-refractivity contribution in [1.82, 2.24) is 14.9 Å². The molecule has 4 heteroatoms. The molecule has 1 aliphatic rings. The van der Waals surface area contributed by atoms with Crippen molar-refractivity contribution >= 4 is 5.82 Å². The Balaban J connectivity index is 1.84. The maximum Gasteiger partial charge on any atom is 0.129 e. The second-order valence-electron chi connectivity index (χ2n) is 5.67. The summed E-state index contributed by atoms with van der Waals surface area (Å²) in [5.41, 5.74) is 1.12. The Morgan fingerprint density at radius 3 is 2.90 bits per heavy atom. The monoisotopic (exact) mass is 276 g/mol. The standard InChI is InChI=1S/C16H28N4/c1-4-14-12-16(19-13(3)18-14)17-9-11-20-10-7-6-8-15(20)5-2/h12,15H,4-11H2,1-3H3,(H,17,18,19). The lowest BCUT2D eigenvalue weighted by Crippen LogP contribution is -2.41. The van der Waals surface area contributed by atoms with Crippen LogP contribution in [0.4, 0.5) is 5.82 Å². The number of hydrogen-bond donors (Lipinski definition) is 1. The first-order chi connectivity index (χ1) is 9.72. The molecule has 0 aromatic carbocycles. The summed E-state index contributed by atoms with van der Waals surface area (Å²) in [7, 11) is 0. The van der Waals surface area contributed by atoms with Gasteiger partial charge in [0.1, 0.15) is 11.6 Å². The molecule has 1 fully saturated rings. The molecule has 1 aliphatic heterocycles. The van der Waals surface area contributed by atoms with Crippen LogP contribution in [0.1, 0.15) is 51.0 Å². The van der Waals surface area contributed by atoms with Crippen LogP contribution in [0.25, 0.3) is 0 Å². The van der Waals surface area contributed by atoms with Gasteiger partial charge in [0.25, 0.3) is 0 Å². The first-order valence-electron chi connectivity index (χ1n) is 8.05. The van der Waals surface area contributed by atoms with Crippen molar-refractivity contribution in [3.05, 3.63) is 17.6 Å². The summed E-state index contributed by atoms with van der Waals surface area (Å²) < 4.78 is 0. The summed E-state index contributed by atoms with van der Waals surface area (Å²) >= 11 is 0. The predicted octanol–water partition coefficient (Wildman–Crippen LogP) is 3.02. The molecular weight excluding hydrogens is 248 g/mol. The number of rotatable bonds is 6. The first kappa shape index (κ1) is 15.2. The molecule has 1 aromatic heterocycles. The number of likely N-dealkylation sites (tertiary alicyclic amines) is 1. The molecule has 1 N–H and O–H groups in total. The molecule has 4 nitrogen and oxygen atoms in total. The van der Waals surface area contributed by atoms with E-state index in [0.29, 0.717) is 0 Å². The van der Waals surface area contributed by atoms with Crippen LogP contribution >= 0.6 is 0 Å². The minimum atomic E-state index is 0.781. The molecule has 1 unspecified atom stereocenters. The van der Waals surface area contributed by atoms with E-state index >= 15 is 0 Å². The maximum atomic E-state index is 4.46. The molecule has 1 saturated heterocycles. The lowest BCUT2D eigenvalue weighted by atomic mass is 10.0. The van der Waals surface area contributed by atoms with Crippen LogP contribution in [0.5, 0.6) is 0 Å². The molecule has 1 atom stereocenters. The van der Waals surface area contributed by atoms with Gasteiger partial charge in [0.2, 0.25) is 0 Å². The number of nitrogens with zero attached hydrogens (tertiary/aromatic N) is 3. The summed E-state index contributed by atoms with van der Waals surface area (Å²) in [4.78, 5) is 11.5. The molecule has 0 amide bonds. The number of hydrogen-bond acceptors (Lipinski definition) is 4. The Hall–Kier alpha value is -1.16. The predicted molar refractivity (Wildman–Crippen MR) is 84.1 cm³/mol. The highest BCUT2D eigenvalue weighted by molar-refractivity contribution is 5.36. The topological polar surface area (TPSA) is 41.0 Å². The Labute approximate surface area is 123 Å². The van der Waals surface area contributed by atoms with Crippen LogP contribution in [0.15, 0.2) is 6.07 Å². The molecule has 1 aromatic rings. The van der Waals surface area contributed by atoms with Crippen molar-refractivity contribution in [3.8, 4) is 0 Å². The van der Waals surface area contributed by atoms with Gasteiger partial charge in [-0.25, -0.2) is 9.97 Å². The third-order valence-corrected chi connectivity index (χ3v) is 4.18. The molecular formula is C16H28N4. The van der Waals surface area contributed by atoms with Crippen molar-refractivity contribution in [3.63, 3.8) is 0 Å². The van der Waals surface area contributed by atoms with Crippen LogP contribution in [-0.2, 0) is 6.42 Å². The van der Waals surface area contributed by atoms with Crippen LogP contribution in [-0.4, -0.2) is 40.5 Å². The highest BCUT2D eigenvalue weighted by Crippen LogP contribution is 2.18. The molecule has 0 bridgehead atoms. The lowest BCUT2D eigenvalue weighted by molar-refractivity contribution is 0.150. The Bertz CT molecular complexity index is 419. The van der Waals surface area contributed by atoms with Crippen LogP contribution < -0.4 is 5.32 Å². The molecule has 0 aliphatic carbocycles. The van der Waals surface area contributed by atoms with Crippen molar-refractivity contribution in [2.75, 3.05) is 25.0 Å². The zero-order valence-corrected chi connectivity index (χ0v) is 13.2. The van der Waals surface area contributed by atoms with Gasteiger partial charge in [-0.3, -0.25) is 4.90 Å². The number of aromatic nitrogens is 2. The highest BCUT2D eigenvalue weighted by Gasteiger charge is 2.19. The molecule has 2 rings (SSSR count). The molecule has 0 saturated carbocycles. The van der Waals surface area contributed by atoms with E-state index in [0.717, 1.165) is 42.9 Å². The maximum absolute atomic E-state index is 4.46. The molecule has 112 valence electrons. The van der Waals surface area contributed by atoms with Gasteiger partial charge in [0.05, 0.1) is 0 Å². The van der Waals surface area contributed by atoms with Gasteiger partial charge in [0.15, 0.2) is 0 Å². The van der Waals surface area contributed by atoms with Crippen LogP contribution in [0.3, 0.4) is 0 Å². The Kier molecular flexibility index (Phi) is 5.77. The van der Waals surface area contributed by atoms with Crippen molar-refractivity contribution in [2.45, 2.75) is 58.9 Å². The summed E-state index contributed by atoms with van der Waals surface area (Å²) in [5.74, 6) is 1.83. The third kappa shape index (κ3) is 4.17. The number of anilines is 1. The zero-order chi connectivity index (χ0) is 14.4. The smallest absolute Gasteiger partial charge is 0.129 e. The lowest BCUT2D eigenvalue weighted by Gasteiger charge is -2.35. The van der Waals surface area contributed by atoms with Crippen LogP contribution in [0.2, 0.25) is 0 Å². The number of nitrogens with one attached hydrogen (secondary N) is 1. The van der Waals surface area contributed by atoms with Crippen molar-refractivity contribution in [1.29, 1.82) is 0 Å². The van der Waals surface area contributed by atoms with Gasteiger partial charge in [0, 0.05) is 30.9 Å². The van der Waals surface area contributed by atoms with Gasteiger partial charge in [-0.1, -0.05) is 20.3 Å². The van der Waals surface area contributed by atoms with Gasteiger partial charge in [-0.05, 0) is 39.2 Å². The van der Waals surface area contributed by atoms with Gasteiger partial charge in [-0.2, -0.15) is 0 Å². The summed E-state index contributed by atoms with van der Waals surface area (Å²) in [6.45, 7) is 9.73. The Morgan fingerprint density at radius 2 is 2.15 bits per heavy atom. The normalized spacial score (nSPS) is 20.1. The fraction of sp³-hybridized carbons (Fsp3) is 0.750. The molecule has 2 heterocycles. The van der Waals surface area contributed by atoms with E-state index in [-0.39, 0.29) is 0 Å². The minimum absolute atomic E-state index is 0.781. The van der Waals surface area contributed by atoms with E-state index in [1.54, 1.807) is 0 Å². The van der Waals surface area contributed by atoms with Crippen LogP contribution in [0, 0.1) is 6.92 Å². The quantitative estimate of drug-likeness (QED) is 0.867. The minimum Gasteiger partial charge on any atom is -0.369 e. The van der Waals surface area contributed by atoms with Crippen molar-refractivity contribution < 1.29 is 0 Å². The summed E-state index contributed by atoms with van der Waals surface area (Å²) in [6, 6.07) is 2.85. The van der Waals surface area contributed by atoms with E-state index in [1.807, 2.05) is 6.92 Å². The number of aryl methyl sites for hydroxylation is 2. The average Bonchev–Trinajstić information content (AvgIpc) is 2.47. The highest BCUT2D eigenvalue weighted by atomic mass is 15.2. The SMILES string of the molecule is CCc1cc(NCCN2CCCCC2CC)nc(C)n1. The third-order valence-electron chi connectivity index (χ3n) is 4.18. The van der Waals surface area contributed by atoms with Gasteiger partial charge < -0.3 is 5.32 Å². The second-order valence-corrected chi connectivity index (χ2v) is 5.67. The van der Waals surface area contributed by atoms with Crippen molar-refractivity contribution in [2.24, 2.45) is 0 Å². The van der Waals surface area contributed by atoms with E-state index in [2.05, 4.69) is 40.1 Å². The van der Waals surface area contributed by atoms with Gasteiger partial charge >= 0.3 is 0 Å². The first-order valence-corrected chi connectivity index (χ1v) is 8.05. The Morgan fingerprint density at radius 1 is 1.30 bits per heavy atom. The largest absolute Gasteiger partial charge is 0.369 e. The fourth-order valence-corrected chi connectivity index (χ4v) is 3.05. The van der Waals surface area contributed by atoms with E-state index in [9.17, 15) is 0 Å².